The second kappa shape index (κ2) is 6.90. The minimum atomic E-state index is 0.485. The topological polar surface area (TPSA) is 29.9 Å². The second-order valence-corrected chi connectivity index (χ2v) is 6.31. The number of rotatable bonds is 6. The Labute approximate surface area is 128 Å². The van der Waals surface area contributed by atoms with Crippen molar-refractivity contribution < 1.29 is 0 Å². The third-order valence-electron chi connectivity index (χ3n) is 3.82. The van der Waals surface area contributed by atoms with Gasteiger partial charge in [-0.2, -0.15) is 0 Å². The van der Waals surface area contributed by atoms with E-state index in [1.807, 2.05) is 6.20 Å². The maximum atomic E-state index is 4.46. The number of aromatic nitrogens is 2. The van der Waals surface area contributed by atoms with Crippen LogP contribution in [0, 0.1) is 6.92 Å². The second-order valence-electron chi connectivity index (χ2n) is 6.31. The Kier molecular flexibility index (Phi) is 5.18. The normalized spacial score (nSPS) is 11.6. The van der Waals surface area contributed by atoms with Crippen LogP contribution in [-0.2, 0) is 13.1 Å². The third-order valence-corrected chi connectivity index (χ3v) is 3.82. The molecule has 1 aromatic heterocycles. The Morgan fingerprint density at radius 2 is 1.76 bits per heavy atom. The number of hydrogen-bond donors (Lipinski definition) is 1. The van der Waals surface area contributed by atoms with Gasteiger partial charge >= 0.3 is 0 Å². The van der Waals surface area contributed by atoms with Gasteiger partial charge in [-0.1, -0.05) is 52.0 Å². The highest BCUT2D eigenvalue weighted by Gasteiger charge is 2.08. The monoisotopic (exact) mass is 285 g/mol. The highest BCUT2D eigenvalue weighted by atomic mass is 15.1. The Bertz CT molecular complexity index is 565. The van der Waals surface area contributed by atoms with Gasteiger partial charge in [-0.25, -0.2) is 4.98 Å². The van der Waals surface area contributed by atoms with Crippen LogP contribution in [0.5, 0.6) is 0 Å². The van der Waals surface area contributed by atoms with E-state index >= 15 is 0 Å². The SMILES string of the molecule is Cc1ncc(CNC(C)C)n1Cc1ccc(C(C)C)cc1. The van der Waals surface area contributed by atoms with Gasteiger partial charge in [0.25, 0.3) is 0 Å². The Morgan fingerprint density at radius 3 is 2.33 bits per heavy atom. The zero-order valence-corrected chi connectivity index (χ0v) is 13.9. The van der Waals surface area contributed by atoms with Crippen molar-refractivity contribution in [3.8, 4) is 0 Å². The number of nitrogens with one attached hydrogen (secondary N) is 1. The summed E-state index contributed by atoms with van der Waals surface area (Å²) in [6.45, 7) is 12.6. The fourth-order valence-corrected chi connectivity index (χ4v) is 2.37. The zero-order valence-electron chi connectivity index (χ0n) is 13.9. The largest absolute Gasteiger partial charge is 0.327 e. The maximum absolute atomic E-state index is 4.46. The highest BCUT2D eigenvalue weighted by molar-refractivity contribution is 5.25. The molecule has 2 aromatic rings. The summed E-state index contributed by atoms with van der Waals surface area (Å²) in [5.41, 5.74) is 3.96. The minimum Gasteiger partial charge on any atom is -0.327 e. The van der Waals surface area contributed by atoms with Crippen molar-refractivity contribution in [2.45, 2.75) is 59.7 Å². The van der Waals surface area contributed by atoms with Gasteiger partial charge < -0.3 is 9.88 Å². The predicted molar refractivity (Wildman–Crippen MR) is 88.6 cm³/mol. The zero-order chi connectivity index (χ0) is 15.4. The number of aryl methyl sites for hydroxylation is 1. The molecule has 0 atom stereocenters. The van der Waals surface area contributed by atoms with Crippen molar-refractivity contribution >= 4 is 0 Å². The molecule has 0 radical (unpaired) electrons. The van der Waals surface area contributed by atoms with Gasteiger partial charge in [-0.3, -0.25) is 0 Å². The third kappa shape index (κ3) is 4.18. The van der Waals surface area contributed by atoms with Gasteiger partial charge in [0.1, 0.15) is 5.82 Å². The van der Waals surface area contributed by atoms with Gasteiger partial charge in [-0.05, 0) is 24.0 Å². The summed E-state index contributed by atoms with van der Waals surface area (Å²) in [5.74, 6) is 1.66. The molecule has 0 unspecified atom stereocenters. The molecule has 3 nitrogen and oxygen atoms in total. The van der Waals surface area contributed by atoms with Crippen LogP contribution in [0.2, 0.25) is 0 Å². The van der Waals surface area contributed by atoms with Crippen molar-refractivity contribution in [2.75, 3.05) is 0 Å². The van der Waals surface area contributed by atoms with Crippen LogP contribution in [-0.4, -0.2) is 15.6 Å². The van der Waals surface area contributed by atoms with E-state index in [0.29, 0.717) is 12.0 Å². The average molecular weight is 285 g/mol. The number of hydrogen-bond acceptors (Lipinski definition) is 2. The lowest BCUT2D eigenvalue weighted by molar-refractivity contribution is 0.562. The van der Waals surface area contributed by atoms with Gasteiger partial charge in [0.15, 0.2) is 0 Å². The molecule has 114 valence electrons. The lowest BCUT2D eigenvalue weighted by Crippen LogP contribution is -2.23. The standard InChI is InChI=1S/C18H27N3/c1-13(2)17-8-6-16(7-9-17)12-21-15(5)20-11-18(21)10-19-14(3)4/h6-9,11,13-14,19H,10,12H2,1-5H3. The molecule has 0 fully saturated rings. The van der Waals surface area contributed by atoms with E-state index in [-0.39, 0.29) is 0 Å². The van der Waals surface area contributed by atoms with Crippen LogP contribution < -0.4 is 5.32 Å². The fraction of sp³-hybridized carbons (Fsp3) is 0.500. The summed E-state index contributed by atoms with van der Waals surface area (Å²) in [6.07, 6.45) is 1.98. The average Bonchev–Trinajstić information content (AvgIpc) is 2.78. The predicted octanol–water partition coefficient (Wildman–Crippen LogP) is 3.86. The first kappa shape index (κ1) is 15.8. The van der Waals surface area contributed by atoms with E-state index in [9.17, 15) is 0 Å². The summed E-state index contributed by atoms with van der Waals surface area (Å²) in [5, 5.41) is 3.46. The summed E-state index contributed by atoms with van der Waals surface area (Å²) < 4.78 is 2.29. The molecular formula is C18H27N3. The summed E-state index contributed by atoms with van der Waals surface area (Å²) >= 11 is 0. The van der Waals surface area contributed by atoms with Gasteiger partial charge in [0.05, 0.1) is 5.69 Å². The first-order chi connectivity index (χ1) is 9.97. The van der Waals surface area contributed by atoms with Crippen molar-refractivity contribution in [1.29, 1.82) is 0 Å². The first-order valence-corrected chi connectivity index (χ1v) is 7.80. The smallest absolute Gasteiger partial charge is 0.106 e. The molecule has 0 saturated heterocycles. The molecule has 1 heterocycles. The lowest BCUT2D eigenvalue weighted by Gasteiger charge is -2.13. The van der Waals surface area contributed by atoms with Crippen LogP contribution in [0.4, 0.5) is 0 Å². The van der Waals surface area contributed by atoms with E-state index in [1.54, 1.807) is 0 Å². The molecule has 2 rings (SSSR count). The molecule has 0 saturated carbocycles. The van der Waals surface area contributed by atoms with Gasteiger partial charge in [-0.15, -0.1) is 0 Å². The molecule has 1 aromatic carbocycles. The molecule has 0 aliphatic rings. The molecule has 0 aliphatic heterocycles. The molecule has 0 spiro atoms. The Balaban J connectivity index is 2.13. The van der Waals surface area contributed by atoms with Crippen LogP contribution >= 0.6 is 0 Å². The van der Waals surface area contributed by atoms with E-state index in [4.69, 9.17) is 0 Å². The molecule has 1 N–H and O–H groups in total. The molecule has 0 aliphatic carbocycles. The highest BCUT2D eigenvalue weighted by Crippen LogP contribution is 2.16. The summed E-state index contributed by atoms with van der Waals surface area (Å²) in [7, 11) is 0. The van der Waals surface area contributed by atoms with Gasteiger partial charge in [0, 0.05) is 25.3 Å². The van der Waals surface area contributed by atoms with E-state index < -0.39 is 0 Å². The molecular weight excluding hydrogens is 258 g/mol. The van der Waals surface area contributed by atoms with Crippen LogP contribution in [0.15, 0.2) is 30.5 Å². The Morgan fingerprint density at radius 1 is 1.10 bits per heavy atom. The summed E-state index contributed by atoms with van der Waals surface area (Å²) in [4.78, 5) is 4.46. The molecule has 0 bridgehead atoms. The number of imidazole rings is 1. The van der Waals surface area contributed by atoms with Crippen molar-refractivity contribution in [2.24, 2.45) is 0 Å². The van der Waals surface area contributed by atoms with Crippen molar-refractivity contribution in [3.05, 3.63) is 53.1 Å². The molecule has 0 amide bonds. The summed E-state index contributed by atoms with van der Waals surface area (Å²) in [6, 6.07) is 9.42. The maximum Gasteiger partial charge on any atom is 0.106 e. The Hall–Kier alpha value is -1.61. The first-order valence-electron chi connectivity index (χ1n) is 7.80. The van der Waals surface area contributed by atoms with Gasteiger partial charge in [0.2, 0.25) is 0 Å². The number of benzene rings is 1. The van der Waals surface area contributed by atoms with Crippen LogP contribution in [0.25, 0.3) is 0 Å². The number of nitrogens with zero attached hydrogens (tertiary/aromatic N) is 2. The van der Waals surface area contributed by atoms with Crippen molar-refractivity contribution in [1.82, 2.24) is 14.9 Å². The minimum absolute atomic E-state index is 0.485. The molecule has 21 heavy (non-hydrogen) atoms. The fourth-order valence-electron chi connectivity index (χ4n) is 2.37. The van der Waals surface area contributed by atoms with E-state index in [0.717, 1.165) is 18.9 Å². The quantitative estimate of drug-likeness (QED) is 0.873. The lowest BCUT2D eigenvalue weighted by atomic mass is 10.0. The van der Waals surface area contributed by atoms with E-state index in [1.165, 1.54) is 16.8 Å². The molecule has 3 heteroatoms. The van der Waals surface area contributed by atoms with Crippen LogP contribution in [0.1, 0.15) is 56.3 Å². The van der Waals surface area contributed by atoms with E-state index in [2.05, 4.69) is 73.8 Å². The van der Waals surface area contributed by atoms with Crippen molar-refractivity contribution in [3.63, 3.8) is 0 Å². The van der Waals surface area contributed by atoms with Crippen LogP contribution in [0.3, 0.4) is 0 Å².